The van der Waals surface area contributed by atoms with Crippen molar-refractivity contribution in [3.63, 3.8) is 0 Å². The minimum absolute atomic E-state index is 0.0536. The van der Waals surface area contributed by atoms with Gasteiger partial charge in [0, 0.05) is 29.3 Å². The van der Waals surface area contributed by atoms with Crippen LogP contribution in [0.25, 0.3) is 0 Å². The zero-order valence-corrected chi connectivity index (χ0v) is 15.0. The molecular weight excluding hydrogens is 354 g/mol. The van der Waals surface area contributed by atoms with E-state index in [9.17, 15) is 8.42 Å². The van der Waals surface area contributed by atoms with Crippen molar-refractivity contribution in [3.8, 4) is 0 Å². The maximum Gasteiger partial charge on any atom is 0.243 e. The van der Waals surface area contributed by atoms with Crippen molar-refractivity contribution < 1.29 is 8.42 Å². The molecule has 0 aromatic heterocycles. The maximum atomic E-state index is 13.0. The van der Waals surface area contributed by atoms with Crippen LogP contribution in [0.3, 0.4) is 0 Å². The molecule has 0 spiro atoms. The lowest BCUT2D eigenvalue weighted by Crippen LogP contribution is -2.42. The van der Waals surface area contributed by atoms with E-state index < -0.39 is 10.0 Å². The molecule has 0 saturated carbocycles. The van der Waals surface area contributed by atoms with Gasteiger partial charge in [0.25, 0.3) is 0 Å². The lowest BCUT2D eigenvalue weighted by Gasteiger charge is -2.28. The molecule has 1 aromatic rings. The summed E-state index contributed by atoms with van der Waals surface area (Å²) in [5, 5.41) is 0. The first-order valence-electron chi connectivity index (χ1n) is 6.99. The highest BCUT2D eigenvalue weighted by molar-refractivity contribution is 9.10. The number of hydrogen-bond acceptors (Lipinski definition) is 4. The summed E-state index contributed by atoms with van der Waals surface area (Å²) in [5.41, 5.74) is 7.02. The molecule has 2 N–H and O–H groups in total. The van der Waals surface area contributed by atoms with Gasteiger partial charge in [-0.05, 0) is 51.6 Å². The second-order valence-corrected chi connectivity index (χ2v) is 8.47. The Hall–Kier alpha value is -0.630. The number of nitrogen functional groups attached to an aromatic ring is 1. The molecule has 0 bridgehead atoms. The molecule has 0 amide bonds. The van der Waals surface area contributed by atoms with E-state index in [-0.39, 0.29) is 6.04 Å². The molecule has 0 aliphatic carbocycles. The van der Waals surface area contributed by atoms with Gasteiger partial charge in [0.1, 0.15) is 0 Å². The fourth-order valence-corrected chi connectivity index (χ4v) is 5.35. The van der Waals surface area contributed by atoms with Gasteiger partial charge in [-0.1, -0.05) is 15.9 Å². The van der Waals surface area contributed by atoms with Gasteiger partial charge in [0.2, 0.25) is 10.0 Å². The average Bonchev–Trinajstić information content (AvgIpc) is 2.54. The van der Waals surface area contributed by atoms with Crippen LogP contribution in [-0.4, -0.2) is 50.3 Å². The summed E-state index contributed by atoms with van der Waals surface area (Å²) < 4.78 is 28.3. The van der Waals surface area contributed by atoms with E-state index in [0.717, 1.165) is 19.5 Å². The van der Waals surface area contributed by atoms with Gasteiger partial charge in [-0.25, -0.2) is 8.42 Å². The number of nitrogens with zero attached hydrogens (tertiary/aromatic N) is 2. The van der Waals surface area contributed by atoms with Gasteiger partial charge in [0.15, 0.2) is 0 Å². The highest BCUT2D eigenvalue weighted by Gasteiger charge is 2.32. The molecule has 1 aliphatic heterocycles. The van der Waals surface area contributed by atoms with Crippen LogP contribution in [0.15, 0.2) is 21.5 Å². The molecule has 1 aromatic carbocycles. The molecule has 21 heavy (non-hydrogen) atoms. The van der Waals surface area contributed by atoms with Crippen LogP contribution in [0.4, 0.5) is 5.69 Å². The fourth-order valence-electron chi connectivity index (χ4n) is 2.78. The second-order valence-electron chi connectivity index (χ2n) is 5.70. The van der Waals surface area contributed by atoms with Gasteiger partial charge in [-0.2, -0.15) is 4.31 Å². The molecule has 2 rings (SSSR count). The van der Waals surface area contributed by atoms with Crippen molar-refractivity contribution in [1.82, 2.24) is 9.21 Å². The predicted octanol–water partition coefficient (Wildman–Crippen LogP) is 2.05. The Balaban J connectivity index is 2.46. The summed E-state index contributed by atoms with van der Waals surface area (Å²) >= 11 is 3.33. The Kier molecular flexibility index (Phi) is 4.97. The average molecular weight is 376 g/mol. The van der Waals surface area contributed by atoms with Crippen molar-refractivity contribution in [2.45, 2.75) is 31.2 Å². The first kappa shape index (κ1) is 16.7. The van der Waals surface area contributed by atoms with Gasteiger partial charge in [-0.3, -0.25) is 0 Å². The van der Waals surface area contributed by atoms with Crippen molar-refractivity contribution in [2.24, 2.45) is 0 Å². The van der Waals surface area contributed by atoms with E-state index in [4.69, 9.17) is 5.73 Å². The number of nitrogens with two attached hydrogens (primary N) is 1. The highest BCUT2D eigenvalue weighted by Crippen LogP contribution is 2.30. The quantitative estimate of drug-likeness (QED) is 0.803. The zero-order valence-electron chi connectivity index (χ0n) is 12.6. The molecule has 1 unspecified atom stereocenters. The van der Waals surface area contributed by atoms with Gasteiger partial charge >= 0.3 is 0 Å². The predicted molar refractivity (Wildman–Crippen MR) is 88.8 cm³/mol. The number of rotatable bonds is 2. The largest absolute Gasteiger partial charge is 0.398 e. The summed E-state index contributed by atoms with van der Waals surface area (Å²) in [6.07, 6.45) is 0.836. The van der Waals surface area contributed by atoms with E-state index in [0.29, 0.717) is 27.2 Å². The highest BCUT2D eigenvalue weighted by atomic mass is 79.9. The lowest BCUT2D eigenvalue weighted by molar-refractivity contribution is 0.290. The van der Waals surface area contributed by atoms with Gasteiger partial charge < -0.3 is 10.6 Å². The van der Waals surface area contributed by atoms with Crippen molar-refractivity contribution in [3.05, 3.63) is 22.2 Å². The third kappa shape index (κ3) is 3.41. The number of hydrogen-bond donors (Lipinski definition) is 1. The summed E-state index contributed by atoms with van der Waals surface area (Å²) in [4.78, 5) is 2.47. The Morgan fingerprint density at radius 2 is 2.00 bits per heavy atom. The van der Waals surface area contributed by atoms with Crippen LogP contribution in [0, 0.1) is 6.92 Å². The summed E-state index contributed by atoms with van der Waals surface area (Å²) in [6, 6.07) is 3.32. The van der Waals surface area contributed by atoms with Crippen LogP contribution in [0.5, 0.6) is 0 Å². The van der Waals surface area contributed by atoms with Crippen molar-refractivity contribution in [2.75, 3.05) is 32.4 Å². The van der Waals surface area contributed by atoms with E-state index in [1.54, 1.807) is 23.4 Å². The number of anilines is 1. The zero-order chi connectivity index (χ0) is 15.8. The Morgan fingerprint density at radius 3 is 2.67 bits per heavy atom. The standard InChI is InChI=1S/C14H22BrN3O2S/c1-10-9-17(3)5-4-6-18(10)21(19,20)14-8-12(15)7-13(16)11(14)2/h7-8,10H,4-6,9,16H2,1-3H3. The minimum Gasteiger partial charge on any atom is -0.398 e. The number of sulfonamides is 1. The normalized spacial score (nSPS) is 22.2. The monoisotopic (exact) mass is 375 g/mol. The van der Waals surface area contributed by atoms with E-state index in [1.807, 2.05) is 14.0 Å². The SMILES string of the molecule is Cc1c(N)cc(Br)cc1S(=O)(=O)N1CCCN(C)CC1C. The van der Waals surface area contributed by atoms with Crippen LogP contribution in [-0.2, 0) is 10.0 Å². The van der Waals surface area contributed by atoms with E-state index >= 15 is 0 Å². The van der Waals surface area contributed by atoms with E-state index in [2.05, 4.69) is 20.8 Å². The third-order valence-corrected chi connectivity index (χ3v) is 6.54. The first-order valence-corrected chi connectivity index (χ1v) is 9.23. The number of halogens is 1. The molecule has 1 atom stereocenters. The molecule has 7 heteroatoms. The summed E-state index contributed by atoms with van der Waals surface area (Å²) in [7, 11) is -1.51. The van der Waals surface area contributed by atoms with Crippen molar-refractivity contribution >= 4 is 31.6 Å². The second kappa shape index (κ2) is 6.24. The Morgan fingerprint density at radius 1 is 1.33 bits per heavy atom. The Bertz CT molecular complexity index is 633. The summed E-state index contributed by atoms with van der Waals surface area (Å²) in [5.74, 6) is 0. The lowest BCUT2D eigenvalue weighted by atomic mass is 10.2. The molecule has 118 valence electrons. The number of benzene rings is 1. The molecule has 1 saturated heterocycles. The topological polar surface area (TPSA) is 66.6 Å². The molecule has 1 fully saturated rings. The smallest absolute Gasteiger partial charge is 0.243 e. The first-order chi connectivity index (χ1) is 9.73. The van der Waals surface area contributed by atoms with Gasteiger partial charge in [-0.15, -0.1) is 0 Å². The maximum absolute atomic E-state index is 13.0. The molecule has 0 radical (unpaired) electrons. The van der Waals surface area contributed by atoms with Crippen LogP contribution < -0.4 is 5.73 Å². The summed E-state index contributed by atoms with van der Waals surface area (Å²) in [6.45, 7) is 5.90. The van der Waals surface area contributed by atoms with Crippen LogP contribution >= 0.6 is 15.9 Å². The van der Waals surface area contributed by atoms with Crippen LogP contribution in [0.1, 0.15) is 18.9 Å². The van der Waals surface area contributed by atoms with Crippen LogP contribution in [0.2, 0.25) is 0 Å². The van der Waals surface area contributed by atoms with Crippen molar-refractivity contribution in [1.29, 1.82) is 0 Å². The molecule has 1 heterocycles. The fraction of sp³-hybridized carbons (Fsp3) is 0.571. The van der Waals surface area contributed by atoms with E-state index in [1.165, 1.54) is 0 Å². The Labute approximate surface area is 135 Å². The minimum atomic E-state index is -3.54. The molecule has 1 aliphatic rings. The third-order valence-electron chi connectivity index (χ3n) is 3.94. The van der Waals surface area contributed by atoms with Gasteiger partial charge in [0.05, 0.1) is 4.90 Å². The molecular formula is C14H22BrN3O2S. The number of likely N-dealkylation sites (N-methyl/N-ethyl adjacent to an activating group) is 1. The molecule has 5 nitrogen and oxygen atoms in total.